The van der Waals surface area contributed by atoms with Gasteiger partial charge in [-0.2, -0.15) is 4.31 Å². The summed E-state index contributed by atoms with van der Waals surface area (Å²) in [5.74, 6) is -1.49. The molecule has 178 valence electrons. The molecule has 3 rings (SSSR count). The summed E-state index contributed by atoms with van der Waals surface area (Å²) in [6.45, 7) is 3.95. The topological polar surface area (TPSA) is 111 Å². The van der Waals surface area contributed by atoms with Crippen LogP contribution >= 0.6 is 0 Å². The van der Waals surface area contributed by atoms with Crippen molar-refractivity contribution in [2.45, 2.75) is 25.2 Å². The van der Waals surface area contributed by atoms with Crippen molar-refractivity contribution in [1.82, 2.24) is 4.31 Å². The molecule has 0 aromatic heterocycles. The number of rotatable bonds is 8. The molecule has 33 heavy (non-hydrogen) atoms. The second-order valence-electron chi connectivity index (χ2n) is 7.07. The molecule has 0 fully saturated rings. The lowest BCUT2D eigenvalue weighted by Crippen LogP contribution is -2.31. The fraction of sp³-hybridized carbons (Fsp3) is 0.364. The number of anilines is 1. The van der Waals surface area contributed by atoms with Crippen LogP contribution in [0.2, 0.25) is 0 Å². The van der Waals surface area contributed by atoms with E-state index in [0.717, 1.165) is 28.9 Å². The molecule has 0 radical (unpaired) electrons. The van der Waals surface area contributed by atoms with E-state index in [4.69, 9.17) is 14.2 Å². The lowest BCUT2D eigenvalue weighted by molar-refractivity contribution is -0.119. The SMILES string of the molecule is CCN(CC)S(=O)(=O)c1cc(C(=O)OCC(=O)Nc2ccc3c(c2)OCCCO3)ccc1F. The highest BCUT2D eigenvalue weighted by atomic mass is 32.2. The number of sulfonamides is 1. The van der Waals surface area contributed by atoms with Crippen LogP contribution in [0.25, 0.3) is 0 Å². The minimum Gasteiger partial charge on any atom is -0.490 e. The molecule has 1 aliphatic heterocycles. The Labute approximate surface area is 191 Å². The maximum Gasteiger partial charge on any atom is 0.338 e. The second kappa shape index (κ2) is 10.6. The van der Waals surface area contributed by atoms with Gasteiger partial charge in [0.05, 0.1) is 18.8 Å². The molecule has 0 aliphatic carbocycles. The summed E-state index contributed by atoms with van der Waals surface area (Å²) >= 11 is 0. The molecule has 2 aromatic carbocycles. The van der Waals surface area contributed by atoms with Crippen LogP contribution < -0.4 is 14.8 Å². The maximum atomic E-state index is 14.2. The van der Waals surface area contributed by atoms with E-state index >= 15 is 0 Å². The fourth-order valence-corrected chi connectivity index (χ4v) is 4.73. The number of esters is 1. The third-order valence-corrected chi connectivity index (χ3v) is 6.92. The first-order valence-corrected chi connectivity index (χ1v) is 11.9. The van der Waals surface area contributed by atoms with Crippen molar-refractivity contribution in [3.63, 3.8) is 0 Å². The summed E-state index contributed by atoms with van der Waals surface area (Å²) < 4.78 is 56.6. The number of ether oxygens (including phenoxy) is 3. The van der Waals surface area contributed by atoms with Crippen LogP contribution in [-0.4, -0.2) is 57.5 Å². The molecule has 11 heteroatoms. The molecule has 0 atom stereocenters. The minimum absolute atomic E-state index is 0.146. The summed E-state index contributed by atoms with van der Waals surface area (Å²) in [4.78, 5) is 23.9. The van der Waals surface area contributed by atoms with Gasteiger partial charge >= 0.3 is 5.97 Å². The van der Waals surface area contributed by atoms with E-state index in [1.54, 1.807) is 32.0 Å². The van der Waals surface area contributed by atoms with Gasteiger partial charge in [-0.15, -0.1) is 0 Å². The summed E-state index contributed by atoms with van der Waals surface area (Å²) in [5.41, 5.74) is 0.236. The number of hydrogen-bond acceptors (Lipinski definition) is 7. The van der Waals surface area contributed by atoms with Crippen molar-refractivity contribution in [3.05, 3.63) is 47.8 Å². The molecule has 1 N–H and O–H groups in total. The van der Waals surface area contributed by atoms with E-state index in [1.807, 2.05) is 0 Å². The Hall–Kier alpha value is -3.18. The van der Waals surface area contributed by atoms with Crippen LogP contribution in [0.5, 0.6) is 11.5 Å². The number of fused-ring (bicyclic) bond motifs is 1. The zero-order chi connectivity index (χ0) is 24.0. The quantitative estimate of drug-likeness (QED) is 0.579. The predicted octanol–water partition coefficient (Wildman–Crippen LogP) is 2.81. The Bertz CT molecular complexity index is 1130. The number of halogens is 1. The van der Waals surface area contributed by atoms with Crippen molar-refractivity contribution in [1.29, 1.82) is 0 Å². The Kier molecular flexibility index (Phi) is 7.88. The average molecular weight is 481 g/mol. The number of nitrogens with one attached hydrogen (secondary N) is 1. The molecule has 0 spiro atoms. The molecule has 1 aliphatic rings. The van der Waals surface area contributed by atoms with E-state index in [0.29, 0.717) is 30.4 Å². The number of carbonyl (C=O) groups is 2. The fourth-order valence-electron chi connectivity index (χ4n) is 3.18. The standard InChI is InChI=1S/C22H25FN2O7S/c1-3-25(4-2)33(28,29)20-12-15(6-8-17(20)23)22(27)32-14-21(26)24-16-7-9-18-19(13-16)31-11-5-10-30-18/h6-9,12-13H,3-5,10-11,14H2,1-2H3,(H,24,26). The van der Waals surface area contributed by atoms with Crippen molar-refractivity contribution < 1.29 is 36.6 Å². The van der Waals surface area contributed by atoms with Gasteiger partial charge in [0.25, 0.3) is 5.91 Å². The third-order valence-electron chi connectivity index (χ3n) is 4.86. The highest BCUT2D eigenvalue weighted by Crippen LogP contribution is 2.32. The van der Waals surface area contributed by atoms with Crippen LogP contribution in [0, 0.1) is 5.82 Å². The van der Waals surface area contributed by atoms with Crippen LogP contribution in [-0.2, 0) is 19.6 Å². The first-order valence-electron chi connectivity index (χ1n) is 10.4. The number of carbonyl (C=O) groups excluding carboxylic acids is 2. The number of benzene rings is 2. The molecule has 1 amide bonds. The summed E-state index contributed by atoms with van der Waals surface area (Å²) in [6.07, 6.45) is 0.744. The summed E-state index contributed by atoms with van der Waals surface area (Å²) in [5, 5.41) is 2.58. The lowest BCUT2D eigenvalue weighted by Gasteiger charge is -2.19. The minimum atomic E-state index is -4.12. The average Bonchev–Trinajstić information content (AvgIpc) is 3.03. The van der Waals surface area contributed by atoms with Crippen LogP contribution in [0.15, 0.2) is 41.3 Å². The predicted molar refractivity (Wildman–Crippen MR) is 117 cm³/mol. The van der Waals surface area contributed by atoms with Gasteiger partial charge in [-0.05, 0) is 30.3 Å². The van der Waals surface area contributed by atoms with Gasteiger partial charge < -0.3 is 19.5 Å². The van der Waals surface area contributed by atoms with E-state index < -0.39 is 39.2 Å². The highest BCUT2D eigenvalue weighted by molar-refractivity contribution is 7.89. The van der Waals surface area contributed by atoms with E-state index in [2.05, 4.69) is 5.32 Å². The molecule has 9 nitrogen and oxygen atoms in total. The van der Waals surface area contributed by atoms with Crippen LogP contribution in [0.1, 0.15) is 30.6 Å². The molecular formula is C22H25FN2O7S. The highest BCUT2D eigenvalue weighted by Gasteiger charge is 2.27. The zero-order valence-electron chi connectivity index (χ0n) is 18.3. The van der Waals surface area contributed by atoms with Gasteiger partial charge in [-0.3, -0.25) is 4.79 Å². The molecule has 0 saturated heterocycles. The van der Waals surface area contributed by atoms with Gasteiger partial charge in [-0.25, -0.2) is 17.6 Å². The lowest BCUT2D eigenvalue weighted by atomic mass is 10.2. The molecular weight excluding hydrogens is 455 g/mol. The smallest absolute Gasteiger partial charge is 0.338 e. The normalized spacial score (nSPS) is 13.3. The first kappa shape index (κ1) is 24.5. The van der Waals surface area contributed by atoms with Gasteiger partial charge in [0.1, 0.15) is 10.7 Å². The van der Waals surface area contributed by atoms with Crippen LogP contribution in [0.3, 0.4) is 0 Å². The first-order chi connectivity index (χ1) is 15.8. The Balaban J connectivity index is 1.65. The largest absolute Gasteiger partial charge is 0.490 e. The monoisotopic (exact) mass is 480 g/mol. The van der Waals surface area contributed by atoms with Crippen molar-refractivity contribution >= 4 is 27.6 Å². The number of nitrogens with zero attached hydrogens (tertiary/aromatic N) is 1. The van der Waals surface area contributed by atoms with E-state index in [1.165, 1.54) is 0 Å². The Morgan fingerprint density at radius 2 is 1.76 bits per heavy atom. The van der Waals surface area contributed by atoms with E-state index in [-0.39, 0.29) is 18.7 Å². The zero-order valence-corrected chi connectivity index (χ0v) is 19.1. The number of amides is 1. The van der Waals surface area contributed by atoms with E-state index in [9.17, 15) is 22.4 Å². The summed E-state index contributed by atoms with van der Waals surface area (Å²) in [6, 6.07) is 7.78. The summed E-state index contributed by atoms with van der Waals surface area (Å²) in [7, 11) is -4.12. The Morgan fingerprint density at radius 1 is 1.06 bits per heavy atom. The molecule has 1 heterocycles. The maximum absolute atomic E-state index is 14.2. The van der Waals surface area contributed by atoms with Gasteiger partial charge in [0.2, 0.25) is 10.0 Å². The van der Waals surface area contributed by atoms with Gasteiger partial charge in [-0.1, -0.05) is 13.8 Å². The van der Waals surface area contributed by atoms with Crippen molar-refractivity contribution in [2.75, 3.05) is 38.2 Å². The van der Waals surface area contributed by atoms with Crippen LogP contribution in [0.4, 0.5) is 10.1 Å². The van der Waals surface area contributed by atoms with Gasteiger partial charge in [0.15, 0.2) is 18.1 Å². The van der Waals surface area contributed by atoms with Crippen molar-refractivity contribution in [2.24, 2.45) is 0 Å². The van der Waals surface area contributed by atoms with Crippen molar-refractivity contribution in [3.8, 4) is 11.5 Å². The molecule has 0 unspecified atom stereocenters. The second-order valence-corrected chi connectivity index (χ2v) is 8.98. The molecule has 2 aromatic rings. The Morgan fingerprint density at radius 3 is 2.45 bits per heavy atom. The molecule has 0 saturated carbocycles. The third kappa shape index (κ3) is 5.79. The number of hydrogen-bond donors (Lipinski definition) is 1. The molecule has 0 bridgehead atoms. The van der Waals surface area contributed by atoms with Gasteiger partial charge in [0, 0.05) is 31.3 Å².